The Bertz CT molecular complexity index is 737. The Morgan fingerprint density at radius 2 is 1.88 bits per heavy atom. The van der Waals surface area contributed by atoms with Gasteiger partial charge in [0.1, 0.15) is 5.82 Å². The van der Waals surface area contributed by atoms with Crippen molar-refractivity contribution in [1.82, 2.24) is 20.1 Å². The normalized spacial score (nSPS) is 13.7. The molecule has 7 heteroatoms. The van der Waals surface area contributed by atoms with Gasteiger partial charge >= 0.3 is 5.97 Å². The average Bonchev–Trinajstić information content (AvgIpc) is 2.85. The van der Waals surface area contributed by atoms with Crippen LogP contribution in [0.3, 0.4) is 0 Å². The Hall–Kier alpha value is -2.70. The van der Waals surface area contributed by atoms with E-state index in [1.54, 1.807) is 24.3 Å². The Kier molecular flexibility index (Phi) is 4.88. The molecule has 0 atom stereocenters. The molecule has 0 fully saturated rings. The first kappa shape index (κ1) is 16.2. The van der Waals surface area contributed by atoms with Gasteiger partial charge in [-0.2, -0.15) is 0 Å². The monoisotopic (exact) mass is 328 g/mol. The van der Waals surface area contributed by atoms with Crippen LogP contribution in [-0.2, 0) is 24.2 Å². The molecule has 24 heavy (non-hydrogen) atoms. The topological polar surface area (TPSA) is 86.1 Å². The van der Waals surface area contributed by atoms with Crippen LogP contribution in [0, 0.1) is 0 Å². The molecule has 1 aromatic carbocycles. The molecule has 3 rings (SSSR count). The van der Waals surface area contributed by atoms with Gasteiger partial charge in [-0.15, -0.1) is 10.2 Å². The molecule has 0 unspecified atom stereocenters. The predicted molar refractivity (Wildman–Crippen MR) is 86.5 cm³/mol. The zero-order valence-corrected chi connectivity index (χ0v) is 13.6. The molecule has 1 aliphatic heterocycles. The maximum absolute atomic E-state index is 12.2. The fraction of sp³-hybridized carbons (Fsp3) is 0.412. The van der Waals surface area contributed by atoms with Crippen LogP contribution in [0.5, 0.6) is 0 Å². The van der Waals surface area contributed by atoms with Crippen molar-refractivity contribution in [2.24, 2.45) is 0 Å². The van der Waals surface area contributed by atoms with E-state index in [9.17, 15) is 9.59 Å². The number of nitrogens with one attached hydrogen (secondary N) is 1. The lowest BCUT2D eigenvalue weighted by atomic mass is 10.1. The van der Waals surface area contributed by atoms with Gasteiger partial charge in [0.25, 0.3) is 5.91 Å². The number of methoxy groups -OCH3 is 1. The SMILES string of the molecule is COC(=O)c1ccc(C(=O)NCc2nnc3n2CCCCC3)cc1. The van der Waals surface area contributed by atoms with E-state index in [0.29, 0.717) is 17.7 Å². The summed E-state index contributed by atoms with van der Waals surface area (Å²) in [5.74, 6) is 1.15. The number of esters is 1. The summed E-state index contributed by atoms with van der Waals surface area (Å²) in [6.45, 7) is 1.24. The van der Waals surface area contributed by atoms with Crippen LogP contribution in [0.15, 0.2) is 24.3 Å². The summed E-state index contributed by atoms with van der Waals surface area (Å²) in [6, 6.07) is 6.35. The molecule has 1 aliphatic rings. The van der Waals surface area contributed by atoms with Gasteiger partial charge in [0.15, 0.2) is 5.82 Å². The third-order valence-electron chi connectivity index (χ3n) is 4.16. The summed E-state index contributed by atoms with van der Waals surface area (Å²) in [5.41, 5.74) is 0.898. The van der Waals surface area contributed by atoms with Crippen molar-refractivity contribution < 1.29 is 14.3 Å². The standard InChI is InChI=1S/C17H20N4O3/c1-24-17(23)13-8-6-12(7-9-13)16(22)18-11-15-20-19-14-5-3-2-4-10-21(14)15/h6-9H,2-5,10-11H2,1H3,(H,18,22). The quantitative estimate of drug-likeness (QED) is 0.864. The van der Waals surface area contributed by atoms with Crippen molar-refractivity contribution in [1.29, 1.82) is 0 Å². The zero-order chi connectivity index (χ0) is 16.9. The van der Waals surface area contributed by atoms with Crippen LogP contribution in [0.25, 0.3) is 0 Å². The zero-order valence-electron chi connectivity index (χ0n) is 13.6. The molecule has 0 radical (unpaired) electrons. The number of nitrogens with zero attached hydrogens (tertiary/aromatic N) is 3. The third-order valence-corrected chi connectivity index (χ3v) is 4.16. The first-order valence-corrected chi connectivity index (χ1v) is 8.06. The minimum absolute atomic E-state index is 0.211. The van der Waals surface area contributed by atoms with Gasteiger partial charge in [-0.25, -0.2) is 4.79 Å². The smallest absolute Gasteiger partial charge is 0.337 e. The number of aryl methyl sites for hydroxylation is 1. The van der Waals surface area contributed by atoms with Crippen molar-refractivity contribution in [3.63, 3.8) is 0 Å². The number of ether oxygens (including phenoxy) is 1. The molecule has 7 nitrogen and oxygen atoms in total. The van der Waals surface area contributed by atoms with Crippen LogP contribution in [-0.4, -0.2) is 33.8 Å². The summed E-state index contributed by atoms with van der Waals surface area (Å²) in [6.07, 6.45) is 4.38. The van der Waals surface area contributed by atoms with Gasteiger partial charge in [0.2, 0.25) is 0 Å². The summed E-state index contributed by atoms with van der Waals surface area (Å²) in [5, 5.41) is 11.3. The summed E-state index contributed by atoms with van der Waals surface area (Å²) in [4.78, 5) is 23.6. The van der Waals surface area contributed by atoms with E-state index in [4.69, 9.17) is 0 Å². The van der Waals surface area contributed by atoms with Crippen molar-refractivity contribution in [3.05, 3.63) is 47.0 Å². The molecule has 0 bridgehead atoms. The van der Waals surface area contributed by atoms with E-state index in [1.807, 2.05) is 0 Å². The number of benzene rings is 1. The fourth-order valence-electron chi connectivity index (χ4n) is 2.81. The Labute approximate surface area is 140 Å². The van der Waals surface area contributed by atoms with Crippen LogP contribution in [0.2, 0.25) is 0 Å². The molecule has 0 aliphatic carbocycles. The van der Waals surface area contributed by atoms with E-state index in [0.717, 1.165) is 37.5 Å². The van der Waals surface area contributed by atoms with Gasteiger partial charge in [0.05, 0.1) is 19.2 Å². The summed E-state index contributed by atoms with van der Waals surface area (Å²) >= 11 is 0. The molecule has 2 heterocycles. The van der Waals surface area contributed by atoms with E-state index < -0.39 is 5.97 Å². The van der Waals surface area contributed by atoms with E-state index >= 15 is 0 Å². The first-order valence-electron chi connectivity index (χ1n) is 8.06. The molecular formula is C17H20N4O3. The number of rotatable bonds is 4. The van der Waals surface area contributed by atoms with Gasteiger partial charge in [-0.1, -0.05) is 6.42 Å². The second-order valence-corrected chi connectivity index (χ2v) is 5.75. The second kappa shape index (κ2) is 7.25. The highest BCUT2D eigenvalue weighted by atomic mass is 16.5. The van der Waals surface area contributed by atoms with Crippen molar-refractivity contribution >= 4 is 11.9 Å². The molecular weight excluding hydrogens is 308 g/mol. The lowest BCUT2D eigenvalue weighted by Gasteiger charge is -2.08. The molecule has 2 aromatic rings. The van der Waals surface area contributed by atoms with Gasteiger partial charge in [-0.3, -0.25) is 4.79 Å². The van der Waals surface area contributed by atoms with E-state index in [-0.39, 0.29) is 5.91 Å². The number of amides is 1. The van der Waals surface area contributed by atoms with Crippen molar-refractivity contribution in [2.75, 3.05) is 7.11 Å². The number of hydrogen-bond donors (Lipinski definition) is 1. The highest BCUT2D eigenvalue weighted by Crippen LogP contribution is 2.14. The Morgan fingerprint density at radius 1 is 1.12 bits per heavy atom. The van der Waals surface area contributed by atoms with Gasteiger partial charge in [-0.05, 0) is 37.1 Å². The van der Waals surface area contributed by atoms with Crippen LogP contribution in [0.1, 0.15) is 51.6 Å². The highest BCUT2D eigenvalue weighted by molar-refractivity contribution is 5.96. The summed E-state index contributed by atoms with van der Waals surface area (Å²) in [7, 11) is 1.32. The Morgan fingerprint density at radius 3 is 2.62 bits per heavy atom. The minimum atomic E-state index is -0.423. The molecule has 1 amide bonds. The predicted octanol–water partition coefficient (Wildman–Crippen LogP) is 1.72. The second-order valence-electron chi connectivity index (χ2n) is 5.75. The summed E-state index contributed by atoms with van der Waals surface area (Å²) < 4.78 is 6.74. The maximum Gasteiger partial charge on any atom is 0.337 e. The lowest BCUT2D eigenvalue weighted by Crippen LogP contribution is -2.25. The third kappa shape index (κ3) is 3.45. The molecule has 0 saturated heterocycles. The van der Waals surface area contributed by atoms with E-state index in [1.165, 1.54) is 13.5 Å². The molecule has 1 N–H and O–H groups in total. The van der Waals surface area contributed by atoms with Crippen LogP contribution >= 0.6 is 0 Å². The maximum atomic E-state index is 12.2. The minimum Gasteiger partial charge on any atom is -0.465 e. The van der Waals surface area contributed by atoms with Crippen LogP contribution < -0.4 is 5.32 Å². The Balaban J connectivity index is 1.63. The molecule has 126 valence electrons. The first-order chi connectivity index (χ1) is 11.7. The fourth-order valence-corrected chi connectivity index (χ4v) is 2.81. The average molecular weight is 328 g/mol. The number of aromatic nitrogens is 3. The van der Waals surface area contributed by atoms with Crippen LogP contribution in [0.4, 0.5) is 0 Å². The molecule has 0 spiro atoms. The number of carbonyl (C=O) groups excluding carboxylic acids is 2. The van der Waals surface area contributed by atoms with Gasteiger partial charge in [0, 0.05) is 18.5 Å². The highest BCUT2D eigenvalue weighted by Gasteiger charge is 2.15. The number of fused-ring (bicyclic) bond motifs is 1. The molecule has 0 saturated carbocycles. The lowest BCUT2D eigenvalue weighted by molar-refractivity contribution is 0.0600. The molecule has 1 aromatic heterocycles. The van der Waals surface area contributed by atoms with Crippen molar-refractivity contribution in [3.8, 4) is 0 Å². The largest absolute Gasteiger partial charge is 0.465 e. The van der Waals surface area contributed by atoms with Gasteiger partial charge < -0.3 is 14.6 Å². The number of hydrogen-bond acceptors (Lipinski definition) is 5. The van der Waals surface area contributed by atoms with E-state index in [2.05, 4.69) is 24.8 Å². The number of carbonyl (C=O) groups is 2. The van der Waals surface area contributed by atoms with Crippen molar-refractivity contribution in [2.45, 2.75) is 38.8 Å².